The number of halogens is 1. The summed E-state index contributed by atoms with van der Waals surface area (Å²) in [7, 11) is 0. The summed E-state index contributed by atoms with van der Waals surface area (Å²) in [5.74, 6) is 0.165. The molecule has 162 valence electrons. The lowest BCUT2D eigenvalue weighted by molar-refractivity contribution is 0.0946. The van der Waals surface area contributed by atoms with Crippen molar-refractivity contribution in [2.45, 2.75) is 13.5 Å². The number of anilines is 1. The van der Waals surface area contributed by atoms with Gasteiger partial charge in [-0.2, -0.15) is 9.78 Å². The van der Waals surface area contributed by atoms with Crippen LogP contribution in [0.25, 0.3) is 5.82 Å². The maximum atomic E-state index is 12.6. The number of nitrogens with zero attached hydrogens (tertiary/aromatic N) is 6. The quantitative estimate of drug-likeness (QED) is 0.321. The Bertz CT molecular complexity index is 1270. The molecule has 0 radical (unpaired) electrons. The monoisotopic (exact) mass is 452 g/mol. The summed E-state index contributed by atoms with van der Waals surface area (Å²) in [5.41, 5.74) is 10.2. The van der Waals surface area contributed by atoms with Crippen molar-refractivity contribution in [1.29, 1.82) is 0 Å². The van der Waals surface area contributed by atoms with Crippen molar-refractivity contribution in [2.75, 3.05) is 5.73 Å². The van der Waals surface area contributed by atoms with Gasteiger partial charge < -0.3 is 10.5 Å². The molecule has 3 N–H and O–H groups in total. The van der Waals surface area contributed by atoms with E-state index < -0.39 is 5.91 Å². The molecule has 0 unspecified atom stereocenters. The molecule has 0 aliphatic carbocycles. The van der Waals surface area contributed by atoms with E-state index in [9.17, 15) is 4.79 Å². The van der Waals surface area contributed by atoms with Gasteiger partial charge in [-0.1, -0.05) is 35.0 Å². The lowest BCUT2D eigenvalue weighted by Crippen LogP contribution is -2.22. The topological polar surface area (TPSA) is 146 Å². The predicted octanol–water partition coefficient (Wildman–Crippen LogP) is 2.54. The van der Waals surface area contributed by atoms with Gasteiger partial charge in [-0.25, -0.2) is 10.1 Å². The Kier molecular flexibility index (Phi) is 6.08. The fourth-order valence-corrected chi connectivity index (χ4v) is 2.94. The molecule has 2 aromatic carbocycles. The minimum absolute atomic E-state index is 0.0238. The normalized spacial score (nSPS) is 11.1. The van der Waals surface area contributed by atoms with Crippen LogP contribution in [-0.4, -0.2) is 37.4 Å². The van der Waals surface area contributed by atoms with E-state index in [0.29, 0.717) is 23.1 Å². The minimum atomic E-state index is -0.550. The van der Waals surface area contributed by atoms with Crippen molar-refractivity contribution in [2.24, 2.45) is 5.10 Å². The summed E-state index contributed by atoms with van der Waals surface area (Å²) in [5, 5.41) is 19.4. The number of nitrogen functional groups attached to an aromatic ring is 1. The van der Waals surface area contributed by atoms with Crippen LogP contribution in [0.5, 0.6) is 5.75 Å². The Balaban J connectivity index is 1.37. The standard InChI is InChI=1S/C20H17ClN8O3/c1-12-17(29(28-24-12)19-18(22)26-32-27-19)20(30)25-23-10-13-6-8-15(9-7-13)31-11-14-4-2-3-5-16(14)21/h2-10H,11H2,1H3,(H2,22,26)(H,25,30)/b23-10+. The Labute approximate surface area is 186 Å². The SMILES string of the molecule is Cc1nnn(-c2nonc2N)c1C(=O)N/N=C/c1ccc(OCc2ccccc2Cl)cc1. The van der Waals surface area contributed by atoms with Gasteiger partial charge in [0, 0.05) is 10.6 Å². The second-order valence-corrected chi connectivity index (χ2v) is 6.96. The number of benzene rings is 2. The fourth-order valence-electron chi connectivity index (χ4n) is 2.75. The first kappa shape index (κ1) is 21.0. The molecule has 0 saturated carbocycles. The Morgan fingerprint density at radius 3 is 2.75 bits per heavy atom. The molecule has 11 nitrogen and oxygen atoms in total. The maximum absolute atomic E-state index is 12.6. The van der Waals surface area contributed by atoms with Crippen LogP contribution in [0, 0.1) is 6.92 Å². The van der Waals surface area contributed by atoms with E-state index in [1.807, 2.05) is 24.3 Å². The third kappa shape index (κ3) is 4.57. The molecule has 0 spiro atoms. The first-order valence-electron chi connectivity index (χ1n) is 9.33. The molecule has 0 fully saturated rings. The average molecular weight is 453 g/mol. The van der Waals surface area contributed by atoms with E-state index in [1.54, 1.807) is 31.2 Å². The van der Waals surface area contributed by atoms with Crippen molar-refractivity contribution in [3.05, 3.63) is 76.1 Å². The second-order valence-electron chi connectivity index (χ2n) is 6.56. The Morgan fingerprint density at radius 2 is 2.03 bits per heavy atom. The molecule has 0 saturated heterocycles. The van der Waals surface area contributed by atoms with Crippen LogP contribution in [0.15, 0.2) is 58.3 Å². The molecule has 0 aliphatic rings. The van der Waals surface area contributed by atoms with E-state index in [2.05, 4.69) is 35.8 Å². The zero-order chi connectivity index (χ0) is 22.5. The number of nitrogens with two attached hydrogens (primary N) is 1. The second kappa shape index (κ2) is 9.27. The largest absolute Gasteiger partial charge is 0.489 e. The third-order valence-electron chi connectivity index (χ3n) is 4.36. The van der Waals surface area contributed by atoms with Gasteiger partial charge in [-0.05, 0) is 53.1 Å². The van der Waals surface area contributed by atoms with Crippen LogP contribution in [-0.2, 0) is 6.61 Å². The molecule has 0 bridgehead atoms. The van der Waals surface area contributed by atoms with Crippen molar-refractivity contribution >= 4 is 29.5 Å². The number of hydrogen-bond acceptors (Lipinski definition) is 9. The highest BCUT2D eigenvalue weighted by molar-refractivity contribution is 6.31. The third-order valence-corrected chi connectivity index (χ3v) is 4.73. The minimum Gasteiger partial charge on any atom is -0.489 e. The molecule has 4 rings (SSSR count). The summed E-state index contributed by atoms with van der Waals surface area (Å²) in [6.45, 7) is 1.98. The highest BCUT2D eigenvalue weighted by atomic mass is 35.5. The lowest BCUT2D eigenvalue weighted by Gasteiger charge is -2.07. The summed E-state index contributed by atoms with van der Waals surface area (Å²) in [4.78, 5) is 12.6. The number of carbonyl (C=O) groups excluding carboxylic acids is 1. The number of hydrogen-bond donors (Lipinski definition) is 2. The van der Waals surface area contributed by atoms with Gasteiger partial charge in [0.15, 0.2) is 5.69 Å². The summed E-state index contributed by atoms with van der Waals surface area (Å²) >= 11 is 6.13. The van der Waals surface area contributed by atoms with E-state index in [-0.39, 0.29) is 17.3 Å². The van der Waals surface area contributed by atoms with Crippen molar-refractivity contribution in [1.82, 2.24) is 30.7 Å². The molecular weight excluding hydrogens is 436 g/mol. The first-order chi connectivity index (χ1) is 15.5. The van der Waals surface area contributed by atoms with Crippen LogP contribution in [0.2, 0.25) is 5.02 Å². The number of amides is 1. The van der Waals surface area contributed by atoms with Gasteiger partial charge in [0.1, 0.15) is 12.4 Å². The van der Waals surface area contributed by atoms with E-state index >= 15 is 0 Å². The molecule has 0 aliphatic heterocycles. The van der Waals surface area contributed by atoms with Gasteiger partial charge in [-0.15, -0.1) is 5.10 Å². The van der Waals surface area contributed by atoms with Gasteiger partial charge in [0.2, 0.25) is 11.6 Å². The number of rotatable bonds is 7. The highest BCUT2D eigenvalue weighted by Gasteiger charge is 2.22. The molecular formula is C20H17ClN8O3. The van der Waals surface area contributed by atoms with Crippen molar-refractivity contribution in [3.63, 3.8) is 0 Å². The molecule has 0 atom stereocenters. The number of nitrogens with one attached hydrogen (secondary N) is 1. The van der Waals surface area contributed by atoms with Crippen LogP contribution < -0.4 is 15.9 Å². The average Bonchev–Trinajstić information content (AvgIpc) is 3.39. The highest BCUT2D eigenvalue weighted by Crippen LogP contribution is 2.19. The van der Waals surface area contributed by atoms with Crippen LogP contribution in [0.4, 0.5) is 5.82 Å². The summed E-state index contributed by atoms with van der Waals surface area (Å²) in [6.07, 6.45) is 1.49. The number of aryl methyl sites for hydroxylation is 1. The number of aromatic nitrogens is 5. The molecule has 2 aromatic heterocycles. The summed E-state index contributed by atoms with van der Waals surface area (Å²) in [6, 6.07) is 14.7. The van der Waals surface area contributed by atoms with Gasteiger partial charge in [-0.3, -0.25) is 4.79 Å². The fraction of sp³-hybridized carbons (Fsp3) is 0.100. The molecule has 12 heteroatoms. The Morgan fingerprint density at radius 1 is 1.25 bits per heavy atom. The summed E-state index contributed by atoms with van der Waals surface area (Å²) < 4.78 is 11.4. The van der Waals surface area contributed by atoms with Crippen molar-refractivity contribution < 1.29 is 14.2 Å². The van der Waals surface area contributed by atoms with Gasteiger partial charge in [0.05, 0.1) is 11.9 Å². The van der Waals surface area contributed by atoms with Crippen LogP contribution in [0.3, 0.4) is 0 Å². The van der Waals surface area contributed by atoms with Crippen LogP contribution in [0.1, 0.15) is 27.3 Å². The van der Waals surface area contributed by atoms with Crippen LogP contribution >= 0.6 is 11.6 Å². The van der Waals surface area contributed by atoms with Crippen molar-refractivity contribution in [3.8, 4) is 11.6 Å². The van der Waals surface area contributed by atoms with E-state index in [1.165, 1.54) is 6.21 Å². The maximum Gasteiger partial charge on any atom is 0.292 e. The number of hydrazone groups is 1. The molecule has 2 heterocycles. The molecule has 32 heavy (non-hydrogen) atoms. The number of ether oxygens (including phenoxy) is 1. The smallest absolute Gasteiger partial charge is 0.292 e. The van der Waals surface area contributed by atoms with E-state index in [0.717, 1.165) is 15.8 Å². The zero-order valence-corrected chi connectivity index (χ0v) is 17.5. The first-order valence-corrected chi connectivity index (χ1v) is 9.71. The van der Waals surface area contributed by atoms with Gasteiger partial charge >= 0.3 is 0 Å². The zero-order valence-electron chi connectivity index (χ0n) is 16.8. The predicted molar refractivity (Wildman–Crippen MR) is 116 cm³/mol. The van der Waals surface area contributed by atoms with Gasteiger partial charge in [0.25, 0.3) is 5.91 Å². The van der Waals surface area contributed by atoms with E-state index in [4.69, 9.17) is 22.1 Å². The molecule has 4 aromatic rings. The number of carbonyl (C=O) groups is 1. The molecule has 1 amide bonds. The lowest BCUT2D eigenvalue weighted by atomic mass is 10.2. The Hall–Kier alpha value is -4.25.